The molecule has 0 saturated carbocycles. The number of rotatable bonds is 3. The van der Waals surface area contributed by atoms with Gasteiger partial charge in [-0.3, -0.25) is 4.79 Å². The Morgan fingerprint density at radius 3 is 2.86 bits per heavy atom. The van der Waals surface area contributed by atoms with Crippen LogP contribution in [0.5, 0.6) is 0 Å². The molecule has 4 rings (SSSR count). The molecular formula is C19H19ClFN5OS. The van der Waals surface area contributed by atoms with Gasteiger partial charge in [0.25, 0.3) is 5.78 Å². The zero-order chi connectivity index (χ0) is 20.0. The molecule has 0 atom stereocenters. The Hall–Kier alpha value is -2.19. The largest absolute Gasteiger partial charge is 0.309 e. The molecule has 0 bridgehead atoms. The molecule has 3 aromatic rings. The zero-order valence-electron chi connectivity index (χ0n) is 15.8. The summed E-state index contributed by atoms with van der Waals surface area (Å²) in [6, 6.07) is 2.86. The fourth-order valence-corrected chi connectivity index (χ4v) is 4.25. The lowest BCUT2D eigenvalue weighted by Gasteiger charge is -2.30. The normalized spacial score (nSPS) is 13.8. The third-order valence-corrected chi connectivity index (χ3v) is 5.99. The van der Waals surface area contributed by atoms with E-state index in [2.05, 4.69) is 15.1 Å². The maximum absolute atomic E-state index is 14.5. The predicted molar refractivity (Wildman–Crippen MR) is 108 cm³/mol. The van der Waals surface area contributed by atoms with E-state index < -0.39 is 5.82 Å². The van der Waals surface area contributed by atoms with Crippen molar-refractivity contribution in [1.82, 2.24) is 19.6 Å². The minimum Gasteiger partial charge on any atom is -0.309 e. The van der Waals surface area contributed by atoms with Crippen molar-refractivity contribution in [1.29, 1.82) is 0 Å². The second-order valence-corrected chi connectivity index (χ2v) is 7.93. The van der Waals surface area contributed by atoms with Crippen molar-refractivity contribution in [3.05, 3.63) is 45.5 Å². The second kappa shape index (κ2) is 7.33. The van der Waals surface area contributed by atoms with Crippen LogP contribution < -0.4 is 4.90 Å². The quantitative estimate of drug-likeness (QED) is 0.604. The summed E-state index contributed by atoms with van der Waals surface area (Å²) in [6.07, 6.45) is 3.42. The van der Waals surface area contributed by atoms with Gasteiger partial charge in [-0.05, 0) is 50.6 Å². The Morgan fingerprint density at radius 2 is 2.11 bits per heavy atom. The number of thioether (sulfide) groups is 1. The first kappa shape index (κ1) is 19.1. The molecule has 0 radical (unpaired) electrons. The smallest absolute Gasteiger partial charge is 0.253 e. The summed E-state index contributed by atoms with van der Waals surface area (Å²) >= 11 is 7.68. The van der Waals surface area contributed by atoms with E-state index in [1.165, 1.54) is 22.7 Å². The highest BCUT2D eigenvalue weighted by molar-refractivity contribution is 7.98. The third kappa shape index (κ3) is 3.14. The maximum atomic E-state index is 14.5. The molecule has 0 fully saturated rings. The monoisotopic (exact) mass is 419 g/mol. The Balaban J connectivity index is 1.72. The lowest BCUT2D eigenvalue weighted by atomic mass is 9.99. The topological polar surface area (TPSA) is 63.4 Å². The first-order valence-electron chi connectivity index (χ1n) is 8.94. The number of carbonyl (C=O) groups is 1. The van der Waals surface area contributed by atoms with Gasteiger partial charge >= 0.3 is 0 Å². The SMILES string of the molecule is CSc1nc2nc(C)c(CC(=O)N3CCCc4c(Cl)ccc(F)c43)c(C)n2n1. The molecule has 28 heavy (non-hydrogen) atoms. The van der Waals surface area contributed by atoms with Crippen LogP contribution in [0.3, 0.4) is 0 Å². The van der Waals surface area contributed by atoms with Crippen LogP contribution >= 0.6 is 23.4 Å². The molecular weight excluding hydrogens is 401 g/mol. The van der Waals surface area contributed by atoms with Gasteiger partial charge in [0.05, 0.1) is 12.1 Å². The molecule has 6 nitrogen and oxygen atoms in total. The van der Waals surface area contributed by atoms with E-state index in [0.717, 1.165) is 23.4 Å². The molecule has 1 amide bonds. The van der Waals surface area contributed by atoms with E-state index in [1.807, 2.05) is 20.1 Å². The maximum Gasteiger partial charge on any atom is 0.253 e. The first-order chi connectivity index (χ1) is 13.4. The number of hydrogen-bond donors (Lipinski definition) is 0. The third-order valence-electron chi connectivity index (χ3n) is 5.10. The van der Waals surface area contributed by atoms with Crippen molar-refractivity contribution in [3.63, 3.8) is 0 Å². The van der Waals surface area contributed by atoms with Gasteiger partial charge in [-0.2, -0.15) is 4.98 Å². The molecule has 9 heteroatoms. The number of amides is 1. The molecule has 1 aliphatic heterocycles. The number of anilines is 1. The lowest BCUT2D eigenvalue weighted by molar-refractivity contribution is -0.118. The molecule has 3 heterocycles. The Morgan fingerprint density at radius 1 is 1.32 bits per heavy atom. The van der Waals surface area contributed by atoms with Gasteiger partial charge in [0.1, 0.15) is 5.82 Å². The van der Waals surface area contributed by atoms with Crippen LogP contribution in [0.4, 0.5) is 10.1 Å². The number of aromatic nitrogens is 4. The lowest BCUT2D eigenvalue weighted by Crippen LogP contribution is -2.37. The molecule has 0 unspecified atom stereocenters. The summed E-state index contributed by atoms with van der Waals surface area (Å²) < 4.78 is 16.2. The number of aryl methyl sites for hydroxylation is 2. The van der Waals surface area contributed by atoms with E-state index in [1.54, 1.807) is 10.6 Å². The van der Waals surface area contributed by atoms with Gasteiger partial charge < -0.3 is 4.90 Å². The minimum atomic E-state index is -0.421. The number of halogens is 2. The van der Waals surface area contributed by atoms with Crippen molar-refractivity contribution in [2.24, 2.45) is 0 Å². The molecule has 0 aliphatic carbocycles. The molecule has 0 saturated heterocycles. The summed E-state index contributed by atoms with van der Waals surface area (Å²) in [7, 11) is 0. The summed E-state index contributed by atoms with van der Waals surface area (Å²) in [5.74, 6) is -0.0910. The van der Waals surface area contributed by atoms with Crippen molar-refractivity contribution in [3.8, 4) is 0 Å². The number of nitrogens with zero attached hydrogens (tertiary/aromatic N) is 5. The van der Waals surface area contributed by atoms with Crippen LogP contribution in [-0.2, 0) is 17.6 Å². The van der Waals surface area contributed by atoms with E-state index in [9.17, 15) is 9.18 Å². The highest BCUT2D eigenvalue weighted by Gasteiger charge is 2.28. The zero-order valence-corrected chi connectivity index (χ0v) is 17.4. The molecule has 1 aliphatic rings. The second-order valence-electron chi connectivity index (χ2n) is 6.75. The van der Waals surface area contributed by atoms with Crippen LogP contribution in [0.1, 0.15) is 28.9 Å². The van der Waals surface area contributed by atoms with Crippen molar-refractivity contribution in [2.75, 3.05) is 17.7 Å². The van der Waals surface area contributed by atoms with E-state index in [4.69, 9.17) is 11.6 Å². The van der Waals surface area contributed by atoms with Crippen LogP contribution in [-0.4, -0.2) is 38.3 Å². The standard InChI is InChI=1S/C19H19ClFN5OS/c1-10-13(11(2)26-18(22-10)23-19(24-26)28-3)9-16(27)25-8-4-5-12-14(20)6-7-15(21)17(12)25/h6-7H,4-5,8-9H2,1-3H3. The average Bonchev–Trinajstić information content (AvgIpc) is 3.10. The van der Waals surface area contributed by atoms with Gasteiger partial charge in [-0.1, -0.05) is 23.4 Å². The summed E-state index contributed by atoms with van der Waals surface area (Å²) in [4.78, 5) is 23.5. The van der Waals surface area contributed by atoms with E-state index >= 15 is 0 Å². The number of carbonyl (C=O) groups excluding carboxylic acids is 1. The van der Waals surface area contributed by atoms with Gasteiger partial charge in [-0.15, -0.1) is 5.10 Å². The van der Waals surface area contributed by atoms with Crippen LogP contribution in [0.2, 0.25) is 5.02 Å². The van der Waals surface area contributed by atoms with Crippen molar-refractivity contribution in [2.45, 2.75) is 38.3 Å². The number of hydrogen-bond acceptors (Lipinski definition) is 5. The van der Waals surface area contributed by atoms with E-state index in [-0.39, 0.29) is 12.3 Å². The van der Waals surface area contributed by atoms with Gasteiger partial charge in [-0.25, -0.2) is 13.9 Å². The summed E-state index contributed by atoms with van der Waals surface area (Å²) in [5.41, 5.74) is 3.32. The average molecular weight is 420 g/mol. The predicted octanol–water partition coefficient (Wildman–Crippen LogP) is 3.78. The summed E-state index contributed by atoms with van der Waals surface area (Å²) in [6.45, 7) is 4.21. The van der Waals surface area contributed by atoms with Gasteiger partial charge in [0.15, 0.2) is 0 Å². The molecule has 0 spiro atoms. The fraction of sp³-hybridized carbons (Fsp3) is 0.368. The molecule has 2 aromatic heterocycles. The Kier molecular flexibility index (Phi) is 5.01. The minimum absolute atomic E-state index is 0.112. The van der Waals surface area contributed by atoms with Crippen LogP contribution in [0, 0.1) is 19.7 Å². The van der Waals surface area contributed by atoms with Crippen LogP contribution in [0.25, 0.3) is 5.78 Å². The first-order valence-corrected chi connectivity index (χ1v) is 10.5. The summed E-state index contributed by atoms with van der Waals surface area (Å²) in [5, 5.41) is 5.54. The van der Waals surface area contributed by atoms with Gasteiger partial charge in [0, 0.05) is 28.5 Å². The fourth-order valence-electron chi connectivity index (χ4n) is 3.67. The highest BCUT2D eigenvalue weighted by Crippen LogP contribution is 2.35. The molecule has 1 aromatic carbocycles. The van der Waals surface area contributed by atoms with Crippen molar-refractivity contribution >= 4 is 40.7 Å². The van der Waals surface area contributed by atoms with Crippen LogP contribution in [0.15, 0.2) is 17.3 Å². The van der Waals surface area contributed by atoms with E-state index in [0.29, 0.717) is 40.2 Å². The van der Waals surface area contributed by atoms with Crippen molar-refractivity contribution < 1.29 is 9.18 Å². The molecule has 0 N–H and O–H groups in total. The molecule has 146 valence electrons. The van der Waals surface area contributed by atoms with Gasteiger partial charge in [0.2, 0.25) is 11.1 Å². The number of fused-ring (bicyclic) bond motifs is 2. The number of benzene rings is 1. The Labute approximate surface area is 171 Å². The highest BCUT2D eigenvalue weighted by atomic mass is 35.5. The Bertz CT molecular complexity index is 1100.